The highest BCUT2D eigenvalue weighted by molar-refractivity contribution is 8.12. The zero-order valence-electron chi connectivity index (χ0n) is 9.80. The minimum atomic E-state index is -4.53. The van der Waals surface area contributed by atoms with Gasteiger partial charge in [0.1, 0.15) is 11.6 Å². The highest BCUT2D eigenvalue weighted by Crippen LogP contribution is 2.17. The smallest absolute Gasteiger partial charge is 0.425 e. The van der Waals surface area contributed by atoms with E-state index in [2.05, 4.69) is 0 Å². The van der Waals surface area contributed by atoms with E-state index in [4.69, 9.17) is 20.5 Å². The molecular formula is C8H14ClNO6S. The van der Waals surface area contributed by atoms with Crippen LogP contribution in [0, 0.1) is 0 Å². The third-order valence-corrected chi connectivity index (χ3v) is 2.90. The Kier molecular flexibility index (Phi) is 4.79. The normalized spacial score (nSPS) is 13.9. The molecule has 0 aliphatic carbocycles. The van der Waals surface area contributed by atoms with Crippen molar-refractivity contribution in [2.24, 2.45) is 0 Å². The Morgan fingerprint density at radius 3 is 2.00 bits per heavy atom. The standard InChI is InChI=1S/C8H14ClNO6S/c1-5(6(11)12)10(17(9,14)15)7(13)16-8(2,3)4/h5H,1-4H3,(H,11,12). The van der Waals surface area contributed by atoms with Gasteiger partial charge in [-0.3, -0.25) is 0 Å². The average molecular weight is 288 g/mol. The highest BCUT2D eigenvalue weighted by Gasteiger charge is 2.37. The summed E-state index contributed by atoms with van der Waals surface area (Å²) in [6.45, 7) is 5.53. The van der Waals surface area contributed by atoms with E-state index in [1.54, 1.807) is 0 Å². The number of carbonyl (C=O) groups is 2. The summed E-state index contributed by atoms with van der Waals surface area (Å²) in [6.07, 6.45) is -1.33. The quantitative estimate of drug-likeness (QED) is 0.782. The monoisotopic (exact) mass is 287 g/mol. The van der Waals surface area contributed by atoms with E-state index in [9.17, 15) is 18.0 Å². The van der Waals surface area contributed by atoms with E-state index in [0.29, 0.717) is 0 Å². The van der Waals surface area contributed by atoms with Crippen molar-refractivity contribution in [2.45, 2.75) is 39.3 Å². The first-order valence-corrected chi connectivity index (χ1v) is 6.82. The van der Waals surface area contributed by atoms with Gasteiger partial charge in [-0.1, -0.05) is 0 Å². The van der Waals surface area contributed by atoms with Crippen LogP contribution >= 0.6 is 10.7 Å². The van der Waals surface area contributed by atoms with E-state index in [0.717, 1.165) is 6.92 Å². The lowest BCUT2D eigenvalue weighted by molar-refractivity contribution is -0.140. The molecule has 1 amide bonds. The molecule has 0 radical (unpaired) electrons. The van der Waals surface area contributed by atoms with Crippen molar-refractivity contribution >= 4 is 32.0 Å². The van der Waals surface area contributed by atoms with Gasteiger partial charge in [-0.15, -0.1) is 0 Å². The first-order chi connectivity index (χ1) is 7.36. The van der Waals surface area contributed by atoms with Gasteiger partial charge in [0.25, 0.3) is 0 Å². The third kappa shape index (κ3) is 5.22. The number of carboxylic acids is 1. The Hall–Kier alpha value is -1.02. The Morgan fingerprint density at radius 1 is 1.35 bits per heavy atom. The SMILES string of the molecule is CC(C(=O)O)N(C(=O)OC(C)(C)C)S(=O)(=O)Cl. The lowest BCUT2D eigenvalue weighted by atomic mass is 10.2. The fourth-order valence-electron chi connectivity index (χ4n) is 0.843. The molecule has 0 bridgehead atoms. The maximum atomic E-state index is 11.5. The van der Waals surface area contributed by atoms with Crippen molar-refractivity contribution in [1.29, 1.82) is 0 Å². The maximum Gasteiger partial charge on any atom is 0.425 e. The molecule has 0 saturated carbocycles. The van der Waals surface area contributed by atoms with Crippen LogP contribution in [0.15, 0.2) is 0 Å². The number of nitrogens with zero attached hydrogens (tertiary/aromatic N) is 1. The van der Waals surface area contributed by atoms with Crippen LogP contribution in [0.3, 0.4) is 0 Å². The summed E-state index contributed by atoms with van der Waals surface area (Å²) in [6, 6.07) is -1.65. The number of aliphatic carboxylic acids is 1. The second kappa shape index (κ2) is 5.09. The van der Waals surface area contributed by atoms with E-state index in [1.165, 1.54) is 20.8 Å². The zero-order chi connectivity index (χ0) is 14.0. The third-order valence-electron chi connectivity index (χ3n) is 1.52. The lowest BCUT2D eigenvalue weighted by Crippen LogP contribution is -2.47. The van der Waals surface area contributed by atoms with Crippen LogP contribution in [-0.2, 0) is 18.8 Å². The summed E-state index contributed by atoms with van der Waals surface area (Å²) in [7, 11) is 0.465. The summed E-state index contributed by atoms with van der Waals surface area (Å²) in [5, 5.41) is 8.69. The molecule has 0 rings (SSSR count). The average Bonchev–Trinajstić information content (AvgIpc) is 1.96. The van der Waals surface area contributed by atoms with Crippen molar-refractivity contribution in [1.82, 2.24) is 4.31 Å². The molecule has 7 nitrogen and oxygen atoms in total. The van der Waals surface area contributed by atoms with E-state index < -0.39 is 32.9 Å². The Morgan fingerprint density at radius 2 is 1.76 bits per heavy atom. The second-order valence-corrected chi connectivity index (χ2v) is 6.62. The minimum absolute atomic E-state index is 0.0257. The van der Waals surface area contributed by atoms with Crippen LogP contribution in [0.25, 0.3) is 0 Å². The second-order valence-electron chi connectivity index (χ2n) is 4.23. The number of hydrogen-bond donors (Lipinski definition) is 1. The number of ether oxygens (including phenoxy) is 1. The Labute approximate surface area is 104 Å². The van der Waals surface area contributed by atoms with E-state index in [1.807, 2.05) is 0 Å². The Balaban J connectivity index is 5.23. The van der Waals surface area contributed by atoms with E-state index in [-0.39, 0.29) is 4.31 Å². The van der Waals surface area contributed by atoms with Gasteiger partial charge in [0.2, 0.25) is 0 Å². The molecule has 0 fully saturated rings. The molecule has 0 aliphatic heterocycles. The summed E-state index contributed by atoms with van der Waals surface area (Å²) >= 11 is 0. The topological polar surface area (TPSA) is 101 Å². The molecule has 100 valence electrons. The fraction of sp³-hybridized carbons (Fsp3) is 0.750. The van der Waals surface area contributed by atoms with Crippen LogP contribution in [0.4, 0.5) is 4.79 Å². The van der Waals surface area contributed by atoms with Gasteiger partial charge in [0.15, 0.2) is 0 Å². The zero-order valence-corrected chi connectivity index (χ0v) is 11.4. The molecule has 0 aromatic rings. The summed E-state index contributed by atoms with van der Waals surface area (Å²) in [5.74, 6) is -1.51. The molecule has 0 aliphatic rings. The number of amides is 1. The number of carbonyl (C=O) groups excluding carboxylic acids is 1. The lowest BCUT2D eigenvalue weighted by Gasteiger charge is -2.26. The fourth-order valence-corrected chi connectivity index (χ4v) is 2.05. The summed E-state index contributed by atoms with van der Waals surface area (Å²) in [5.41, 5.74) is -0.963. The summed E-state index contributed by atoms with van der Waals surface area (Å²) in [4.78, 5) is 22.2. The summed E-state index contributed by atoms with van der Waals surface area (Å²) < 4.78 is 27.0. The predicted molar refractivity (Wildman–Crippen MR) is 59.9 cm³/mol. The van der Waals surface area contributed by atoms with Crippen LogP contribution < -0.4 is 0 Å². The number of carboxylic acid groups (broad SMARTS) is 1. The molecule has 0 spiro atoms. The minimum Gasteiger partial charge on any atom is -0.480 e. The van der Waals surface area contributed by atoms with Crippen molar-refractivity contribution < 1.29 is 27.9 Å². The maximum absolute atomic E-state index is 11.5. The van der Waals surface area contributed by atoms with Gasteiger partial charge in [0.05, 0.1) is 0 Å². The van der Waals surface area contributed by atoms with Gasteiger partial charge < -0.3 is 9.84 Å². The van der Waals surface area contributed by atoms with E-state index >= 15 is 0 Å². The molecule has 1 atom stereocenters. The van der Waals surface area contributed by atoms with Crippen LogP contribution in [-0.4, -0.2) is 41.5 Å². The first-order valence-electron chi connectivity index (χ1n) is 4.56. The van der Waals surface area contributed by atoms with Gasteiger partial charge in [0, 0.05) is 10.7 Å². The van der Waals surface area contributed by atoms with Crippen molar-refractivity contribution in [3.8, 4) is 0 Å². The largest absolute Gasteiger partial charge is 0.480 e. The molecule has 0 saturated heterocycles. The van der Waals surface area contributed by atoms with Crippen LogP contribution in [0.1, 0.15) is 27.7 Å². The van der Waals surface area contributed by atoms with Crippen LogP contribution in [0.2, 0.25) is 0 Å². The Bertz CT molecular complexity index is 412. The highest BCUT2D eigenvalue weighted by atomic mass is 35.7. The molecule has 0 heterocycles. The first kappa shape index (κ1) is 16.0. The van der Waals surface area contributed by atoms with Gasteiger partial charge in [-0.2, -0.15) is 12.7 Å². The molecule has 1 unspecified atom stereocenters. The number of rotatable bonds is 3. The molecular weight excluding hydrogens is 274 g/mol. The molecule has 0 aromatic heterocycles. The molecule has 1 N–H and O–H groups in total. The van der Waals surface area contributed by atoms with Crippen LogP contribution in [0.5, 0.6) is 0 Å². The van der Waals surface area contributed by atoms with Gasteiger partial charge in [-0.25, -0.2) is 9.59 Å². The van der Waals surface area contributed by atoms with Crippen molar-refractivity contribution in [3.63, 3.8) is 0 Å². The number of hydrogen-bond acceptors (Lipinski definition) is 5. The molecule has 17 heavy (non-hydrogen) atoms. The van der Waals surface area contributed by atoms with Crippen molar-refractivity contribution in [3.05, 3.63) is 0 Å². The van der Waals surface area contributed by atoms with Gasteiger partial charge >= 0.3 is 21.3 Å². The molecule has 0 aromatic carbocycles. The molecule has 9 heteroatoms. The van der Waals surface area contributed by atoms with Gasteiger partial charge in [-0.05, 0) is 27.7 Å². The number of halogens is 1. The van der Waals surface area contributed by atoms with Crippen molar-refractivity contribution in [2.75, 3.05) is 0 Å². The predicted octanol–water partition coefficient (Wildman–Crippen LogP) is 1.18.